The summed E-state index contributed by atoms with van der Waals surface area (Å²) in [7, 11) is 0. The molecule has 1 aliphatic rings. The van der Waals surface area contributed by atoms with Crippen molar-refractivity contribution in [3.8, 4) is 0 Å². The summed E-state index contributed by atoms with van der Waals surface area (Å²) < 4.78 is 0. The third-order valence-electron chi connectivity index (χ3n) is 2.71. The monoisotopic (exact) mass is 218 g/mol. The normalized spacial score (nSPS) is 30.5. The van der Waals surface area contributed by atoms with Gasteiger partial charge in [-0.1, -0.05) is 19.1 Å². The fraction of sp³-hybridized carbons (Fsp3) is 0.889. The van der Waals surface area contributed by atoms with E-state index in [4.69, 9.17) is 18.0 Å². The van der Waals surface area contributed by atoms with Crippen molar-refractivity contribution in [2.24, 2.45) is 5.73 Å². The lowest BCUT2D eigenvalue weighted by atomic mass is 10.1. The Morgan fingerprint density at radius 1 is 1.50 bits per heavy atom. The molecule has 0 radical (unpaired) electrons. The zero-order valence-electron chi connectivity index (χ0n) is 8.39. The van der Waals surface area contributed by atoms with Gasteiger partial charge in [-0.15, -0.1) is 0 Å². The first-order valence-corrected chi connectivity index (χ1v) is 5.34. The number of hydrogen-bond donors (Lipinski definition) is 3. The minimum absolute atomic E-state index is 0.249. The van der Waals surface area contributed by atoms with E-state index in [0.717, 1.165) is 6.42 Å². The van der Waals surface area contributed by atoms with Crippen molar-refractivity contribution in [2.45, 2.75) is 38.0 Å². The van der Waals surface area contributed by atoms with Crippen molar-refractivity contribution in [1.29, 1.82) is 0 Å². The molecule has 82 valence electrons. The van der Waals surface area contributed by atoms with E-state index in [1.54, 1.807) is 0 Å². The summed E-state index contributed by atoms with van der Waals surface area (Å²) in [6.45, 7) is 3.09. The number of nitrogens with zero attached hydrogens (tertiary/aromatic N) is 1. The molecule has 0 aliphatic carbocycles. The van der Waals surface area contributed by atoms with E-state index < -0.39 is 12.2 Å². The molecule has 0 aromatic rings. The lowest BCUT2D eigenvalue weighted by molar-refractivity contribution is 0.0572. The zero-order valence-corrected chi connectivity index (χ0v) is 9.20. The van der Waals surface area contributed by atoms with Crippen LogP contribution in [0, 0.1) is 0 Å². The van der Waals surface area contributed by atoms with E-state index in [2.05, 4.69) is 11.8 Å². The van der Waals surface area contributed by atoms with Crippen molar-refractivity contribution in [3.05, 3.63) is 0 Å². The van der Waals surface area contributed by atoms with E-state index in [-0.39, 0.29) is 6.04 Å². The summed E-state index contributed by atoms with van der Waals surface area (Å²) in [6.07, 6.45) is 0.327. The maximum Gasteiger partial charge on any atom is 0.0938 e. The summed E-state index contributed by atoms with van der Waals surface area (Å²) in [4.78, 5) is 2.54. The molecular formula is C9H18N2O2S. The average molecular weight is 218 g/mol. The fourth-order valence-electron chi connectivity index (χ4n) is 1.86. The third kappa shape index (κ3) is 2.88. The van der Waals surface area contributed by atoms with Crippen LogP contribution in [0.25, 0.3) is 0 Å². The molecular weight excluding hydrogens is 200 g/mol. The maximum absolute atomic E-state index is 9.39. The minimum Gasteiger partial charge on any atom is -0.393 e. The highest BCUT2D eigenvalue weighted by atomic mass is 32.1. The first kappa shape index (κ1) is 11.8. The molecule has 0 spiro atoms. The third-order valence-corrected chi connectivity index (χ3v) is 2.88. The van der Waals surface area contributed by atoms with Crippen LogP contribution in [0.4, 0.5) is 0 Å². The number of hydrogen-bond acceptors (Lipinski definition) is 4. The number of β-amino-alcohol motifs (C(OH)–C–C–N with tert-alkyl or cyclic N) is 2. The molecule has 5 heteroatoms. The molecule has 1 fully saturated rings. The van der Waals surface area contributed by atoms with E-state index in [1.165, 1.54) is 0 Å². The van der Waals surface area contributed by atoms with Gasteiger partial charge in [-0.05, 0) is 6.42 Å². The summed E-state index contributed by atoms with van der Waals surface area (Å²) in [5.41, 5.74) is 5.49. The number of thiocarbonyl (C=S) groups is 1. The van der Waals surface area contributed by atoms with Gasteiger partial charge in [0.05, 0.1) is 17.2 Å². The van der Waals surface area contributed by atoms with E-state index in [0.29, 0.717) is 24.5 Å². The second kappa shape index (κ2) is 5.02. The standard InChI is InChI=1S/C9H18N2O2S/c1-2-6(3-9(10)14)11-4-7(12)8(13)5-11/h6-8,12-13H,2-5H2,1H3,(H2,10,14). The van der Waals surface area contributed by atoms with Crippen LogP contribution in [0.2, 0.25) is 0 Å². The Hall–Kier alpha value is -0.230. The van der Waals surface area contributed by atoms with Gasteiger partial charge >= 0.3 is 0 Å². The van der Waals surface area contributed by atoms with E-state index in [9.17, 15) is 10.2 Å². The van der Waals surface area contributed by atoms with Crippen LogP contribution >= 0.6 is 12.2 Å². The molecule has 0 aromatic heterocycles. The van der Waals surface area contributed by atoms with Gasteiger partial charge in [-0.3, -0.25) is 4.90 Å². The van der Waals surface area contributed by atoms with Gasteiger partial charge in [0.2, 0.25) is 0 Å². The molecule has 0 amide bonds. The lowest BCUT2D eigenvalue weighted by Crippen LogP contribution is -2.36. The Morgan fingerprint density at radius 2 is 2.00 bits per heavy atom. The molecule has 14 heavy (non-hydrogen) atoms. The van der Waals surface area contributed by atoms with Crippen LogP contribution in [0.1, 0.15) is 19.8 Å². The highest BCUT2D eigenvalue weighted by Gasteiger charge is 2.33. The Kier molecular flexibility index (Phi) is 4.25. The molecule has 1 aliphatic heterocycles. The number of nitrogens with two attached hydrogens (primary N) is 1. The first-order chi connectivity index (χ1) is 6.54. The van der Waals surface area contributed by atoms with Gasteiger partial charge in [0, 0.05) is 25.6 Å². The van der Waals surface area contributed by atoms with Crippen LogP contribution in [0.3, 0.4) is 0 Å². The second-order valence-corrected chi connectivity index (χ2v) is 4.35. The molecule has 0 aromatic carbocycles. The molecule has 0 bridgehead atoms. The number of rotatable bonds is 4. The zero-order chi connectivity index (χ0) is 10.7. The minimum atomic E-state index is -0.629. The SMILES string of the molecule is CCC(CC(N)=S)N1CC(O)C(O)C1. The lowest BCUT2D eigenvalue weighted by Gasteiger charge is -2.25. The van der Waals surface area contributed by atoms with Crippen molar-refractivity contribution in [1.82, 2.24) is 4.90 Å². The smallest absolute Gasteiger partial charge is 0.0938 e. The van der Waals surface area contributed by atoms with Gasteiger partial charge < -0.3 is 15.9 Å². The quantitative estimate of drug-likeness (QED) is 0.554. The topological polar surface area (TPSA) is 69.7 Å². The Balaban J connectivity index is 2.50. The molecule has 4 nitrogen and oxygen atoms in total. The number of aliphatic hydroxyl groups is 2. The van der Waals surface area contributed by atoms with Crippen LogP contribution in [-0.2, 0) is 0 Å². The van der Waals surface area contributed by atoms with Gasteiger partial charge in [0.1, 0.15) is 0 Å². The predicted molar refractivity (Wildman–Crippen MR) is 59.1 cm³/mol. The van der Waals surface area contributed by atoms with Gasteiger partial charge in [-0.25, -0.2) is 0 Å². The van der Waals surface area contributed by atoms with Crippen LogP contribution in [-0.4, -0.2) is 51.4 Å². The summed E-state index contributed by atoms with van der Waals surface area (Å²) in [5.74, 6) is 0. The Bertz CT molecular complexity index is 203. The summed E-state index contributed by atoms with van der Waals surface area (Å²) >= 11 is 4.86. The number of likely N-dealkylation sites (tertiary alicyclic amines) is 1. The summed E-state index contributed by atoms with van der Waals surface area (Å²) in [5, 5.41) is 18.8. The fourth-order valence-corrected chi connectivity index (χ4v) is 2.05. The second-order valence-electron chi connectivity index (χ2n) is 3.82. The van der Waals surface area contributed by atoms with Gasteiger partial charge in [0.25, 0.3) is 0 Å². The molecule has 1 heterocycles. The largest absolute Gasteiger partial charge is 0.393 e. The Morgan fingerprint density at radius 3 is 2.36 bits per heavy atom. The highest BCUT2D eigenvalue weighted by molar-refractivity contribution is 7.80. The van der Waals surface area contributed by atoms with Gasteiger partial charge in [0.15, 0.2) is 0 Å². The van der Waals surface area contributed by atoms with Crippen LogP contribution in [0.15, 0.2) is 0 Å². The molecule has 1 saturated heterocycles. The summed E-state index contributed by atoms with van der Waals surface area (Å²) in [6, 6.07) is 0.249. The van der Waals surface area contributed by atoms with Crippen LogP contribution in [0.5, 0.6) is 0 Å². The van der Waals surface area contributed by atoms with Gasteiger partial charge in [-0.2, -0.15) is 0 Å². The van der Waals surface area contributed by atoms with E-state index in [1.807, 2.05) is 0 Å². The van der Waals surface area contributed by atoms with Crippen molar-refractivity contribution in [2.75, 3.05) is 13.1 Å². The molecule has 3 unspecified atom stereocenters. The average Bonchev–Trinajstić information content (AvgIpc) is 2.42. The maximum atomic E-state index is 9.39. The van der Waals surface area contributed by atoms with Crippen molar-refractivity contribution in [3.63, 3.8) is 0 Å². The van der Waals surface area contributed by atoms with Crippen LogP contribution < -0.4 is 5.73 Å². The van der Waals surface area contributed by atoms with Crippen molar-refractivity contribution >= 4 is 17.2 Å². The Labute approximate surface area is 89.7 Å². The van der Waals surface area contributed by atoms with E-state index >= 15 is 0 Å². The molecule has 0 saturated carbocycles. The first-order valence-electron chi connectivity index (χ1n) is 4.93. The molecule has 3 atom stereocenters. The van der Waals surface area contributed by atoms with Crippen molar-refractivity contribution < 1.29 is 10.2 Å². The number of aliphatic hydroxyl groups excluding tert-OH is 2. The molecule has 4 N–H and O–H groups in total. The highest BCUT2D eigenvalue weighted by Crippen LogP contribution is 2.17. The molecule has 1 rings (SSSR count). The predicted octanol–water partition coefficient (Wildman–Crippen LogP) is -0.521.